The molecule has 2 aromatic carbocycles. The zero-order valence-electron chi connectivity index (χ0n) is 10.5. The maximum Gasteiger partial charge on any atom is 0.123 e. The predicted octanol–water partition coefficient (Wildman–Crippen LogP) is 4.87. The molecule has 0 heterocycles. The van der Waals surface area contributed by atoms with Crippen molar-refractivity contribution >= 4 is 27.5 Å². The lowest BCUT2D eigenvalue weighted by atomic mass is 10.2. The van der Waals surface area contributed by atoms with Gasteiger partial charge in [0.1, 0.15) is 24.7 Å². The molecule has 0 fully saturated rings. The lowest BCUT2D eigenvalue weighted by Gasteiger charge is -2.10. The molecule has 0 aromatic heterocycles. The Morgan fingerprint density at radius 1 is 1.00 bits per heavy atom. The van der Waals surface area contributed by atoms with Gasteiger partial charge in [-0.2, -0.15) is 0 Å². The van der Waals surface area contributed by atoms with Crippen LogP contribution in [0, 0.1) is 6.92 Å². The van der Waals surface area contributed by atoms with Crippen LogP contribution < -0.4 is 9.47 Å². The minimum atomic E-state index is 0.483. The first-order chi connectivity index (χ1) is 9.15. The molecular weight excluding hydrogens is 328 g/mol. The van der Waals surface area contributed by atoms with Crippen molar-refractivity contribution in [1.82, 2.24) is 0 Å². The summed E-state index contributed by atoms with van der Waals surface area (Å²) in [6.45, 7) is 2.96. The van der Waals surface area contributed by atoms with Gasteiger partial charge in [0, 0.05) is 9.50 Å². The average molecular weight is 342 g/mol. The molecule has 2 aromatic rings. The minimum absolute atomic E-state index is 0.483. The number of rotatable bonds is 5. The first-order valence-electron chi connectivity index (χ1n) is 5.92. The molecule has 4 heteroatoms. The molecule has 19 heavy (non-hydrogen) atoms. The summed E-state index contributed by atoms with van der Waals surface area (Å²) >= 11 is 9.30. The van der Waals surface area contributed by atoms with Crippen LogP contribution in [0.1, 0.15) is 5.56 Å². The molecule has 0 aliphatic carbocycles. The number of halogens is 2. The van der Waals surface area contributed by atoms with Gasteiger partial charge in [-0.25, -0.2) is 0 Å². The zero-order chi connectivity index (χ0) is 13.7. The lowest BCUT2D eigenvalue weighted by molar-refractivity contribution is 0.216. The van der Waals surface area contributed by atoms with Gasteiger partial charge in [-0.05, 0) is 48.9 Å². The van der Waals surface area contributed by atoms with Crippen LogP contribution >= 0.6 is 27.5 Å². The van der Waals surface area contributed by atoms with E-state index in [2.05, 4.69) is 15.9 Å². The standard InChI is InChI=1S/C15H14BrClO2/c1-11-2-5-13(17)10-15(11)19-9-8-18-14-6-3-12(16)4-7-14/h2-7,10H,8-9H2,1H3. The Morgan fingerprint density at radius 3 is 2.42 bits per heavy atom. The van der Waals surface area contributed by atoms with Crippen LogP contribution in [0.15, 0.2) is 46.9 Å². The first kappa shape index (κ1) is 14.2. The summed E-state index contributed by atoms with van der Waals surface area (Å²) in [5.74, 6) is 1.63. The molecule has 2 nitrogen and oxygen atoms in total. The van der Waals surface area contributed by atoms with Crippen LogP contribution in [-0.4, -0.2) is 13.2 Å². The molecule has 0 amide bonds. The van der Waals surface area contributed by atoms with Crippen LogP contribution in [0.25, 0.3) is 0 Å². The molecule has 0 unspecified atom stereocenters. The van der Waals surface area contributed by atoms with Crippen molar-refractivity contribution in [3.63, 3.8) is 0 Å². The van der Waals surface area contributed by atoms with Gasteiger partial charge < -0.3 is 9.47 Å². The number of benzene rings is 2. The molecule has 100 valence electrons. The normalized spacial score (nSPS) is 10.3. The van der Waals surface area contributed by atoms with Crippen LogP contribution in [0.3, 0.4) is 0 Å². The van der Waals surface area contributed by atoms with Crippen molar-refractivity contribution in [2.75, 3.05) is 13.2 Å². The van der Waals surface area contributed by atoms with E-state index in [0.717, 1.165) is 21.5 Å². The number of ether oxygens (including phenoxy) is 2. The highest BCUT2D eigenvalue weighted by molar-refractivity contribution is 9.10. The molecule has 0 saturated carbocycles. The van der Waals surface area contributed by atoms with Crippen molar-refractivity contribution < 1.29 is 9.47 Å². The lowest BCUT2D eigenvalue weighted by Crippen LogP contribution is -2.09. The van der Waals surface area contributed by atoms with E-state index in [9.17, 15) is 0 Å². The van der Waals surface area contributed by atoms with Gasteiger partial charge in [-0.15, -0.1) is 0 Å². The molecule has 0 radical (unpaired) electrons. The average Bonchev–Trinajstić information content (AvgIpc) is 2.40. The van der Waals surface area contributed by atoms with Crippen molar-refractivity contribution in [3.05, 3.63) is 57.5 Å². The van der Waals surface area contributed by atoms with E-state index in [0.29, 0.717) is 18.2 Å². The predicted molar refractivity (Wildman–Crippen MR) is 81.3 cm³/mol. The third-order valence-electron chi connectivity index (χ3n) is 2.57. The Hall–Kier alpha value is -1.19. The molecule has 0 spiro atoms. The Balaban J connectivity index is 1.80. The smallest absolute Gasteiger partial charge is 0.123 e. The summed E-state index contributed by atoms with van der Waals surface area (Å²) < 4.78 is 12.3. The topological polar surface area (TPSA) is 18.5 Å². The van der Waals surface area contributed by atoms with Crippen LogP contribution in [0.2, 0.25) is 5.02 Å². The molecule has 0 N–H and O–H groups in total. The van der Waals surface area contributed by atoms with E-state index in [4.69, 9.17) is 21.1 Å². The number of hydrogen-bond acceptors (Lipinski definition) is 2. The highest BCUT2D eigenvalue weighted by Crippen LogP contribution is 2.22. The summed E-state index contributed by atoms with van der Waals surface area (Å²) in [5.41, 5.74) is 1.06. The number of hydrogen-bond donors (Lipinski definition) is 0. The van der Waals surface area contributed by atoms with E-state index >= 15 is 0 Å². The molecule has 2 rings (SSSR count). The fourth-order valence-electron chi connectivity index (χ4n) is 1.57. The van der Waals surface area contributed by atoms with E-state index in [1.807, 2.05) is 49.4 Å². The highest BCUT2D eigenvalue weighted by atomic mass is 79.9. The molecule has 0 aliphatic heterocycles. The molecule has 0 aliphatic rings. The van der Waals surface area contributed by atoms with Gasteiger partial charge in [0.25, 0.3) is 0 Å². The van der Waals surface area contributed by atoms with Crippen LogP contribution in [0.4, 0.5) is 0 Å². The van der Waals surface area contributed by atoms with Crippen LogP contribution in [-0.2, 0) is 0 Å². The summed E-state index contributed by atoms with van der Waals surface area (Å²) in [4.78, 5) is 0. The van der Waals surface area contributed by atoms with Gasteiger partial charge in [0.2, 0.25) is 0 Å². The molecule has 0 saturated heterocycles. The quantitative estimate of drug-likeness (QED) is 0.722. The fraction of sp³-hybridized carbons (Fsp3) is 0.200. The Bertz CT molecular complexity index is 540. The van der Waals surface area contributed by atoms with E-state index < -0.39 is 0 Å². The van der Waals surface area contributed by atoms with E-state index in [-0.39, 0.29) is 0 Å². The second-order valence-electron chi connectivity index (χ2n) is 4.06. The van der Waals surface area contributed by atoms with E-state index in [1.54, 1.807) is 0 Å². The van der Waals surface area contributed by atoms with E-state index in [1.165, 1.54) is 0 Å². The van der Waals surface area contributed by atoms with Crippen molar-refractivity contribution in [2.45, 2.75) is 6.92 Å². The maximum absolute atomic E-state index is 5.92. The maximum atomic E-state index is 5.92. The Morgan fingerprint density at radius 2 is 1.68 bits per heavy atom. The second kappa shape index (κ2) is 6.83. The Kier molecular flexibility index (Phi) is 5.11. The van der Waals surface area contributed by atoms with Gasteiger partial charge in [-0.3, -0.25) is 0 Å². The van der Waals surface area contributed by atoms with Crippen molar-refractivity contribution in [2.24, 2.45) is 0 Å². The molecule has 0 bridgehead atoms. The van der Waals surface area contributed by atoms with Crippen molar-refractivity contribution in [3.8, 4) is 11.5 Å². The summed E-state index contributed by atoms with van der Waals surface area (Å²) in [7, 11) is 0. The van der Waals surface area contributed by atoms with Gasteiger partial charge >= 0.3 is 0 Å². The minimum Gasteiger partial charge on any atom is -0.490 e. The van der Waals surface area contributed by atoms with Crippen LogP contribution in [0.5, 0.6) is 11.5 Å². The van der Waals surface area contributed by atoms with Gasteiger partial charge in [0.15, 0.2) is 0 Å². The van der Waals surface area contributed by atoms with Gasteiger partial charge in [-0.1, -0.05) is 33.6 Å². The first-order valence-corrected chi connectivity index (χ1v) is 7.09. The summed E-state index contributed by atoms with van der Waals surface area (Å²) in [5, 5.41) is 0.675. The monoisotopic (exact) mass is 340 g/mol. The third-order valence-corrected chi connectivity index (χ3v) is 3.34. The summed E-state index contributed by atoms with van der Waals surface area (Å²) in [6, 6.07) is 13.3. The SMILES string of the molecule is Cc1ccc(Cl)cc1OCCOc1ccc(Br)cc1. The molecule has 0 atom stereocenters. The molecular formula is C15H14BrClO2. The van der Waals surface area contributed by atoms with Gasteiger partial charge in [0.05, 0.1) is 0 Å². The summed E-state index contributed by atoms with van der Waals surface area (Å²) in [6.07, 6.45) is 0. The fourth-order valence-corrected chi connectivity index (χ4v) is 2.00. The third kappa shape index (κ3) is 4.44. The largest absolute Gasteiger partial charge is 0.490 e. The highest BCUT2D eigenvalue weighted by Gasteiger charge is 2.01. The second-order valence-corrected chi connectivity index (χ2v) is 5.41. The zero-order valence-corrected chi connectivity index (χ0v) is 12.9. The van der Waals surface area contributed by atoms with Crippen molar-refractivity contribution in [1.29, 1.82) is 0 Å². The Labute approximate surface area is 126 Å². The number of aryl methyl sites for hydroxylation is 1.